The van der Waals surface area contributed by atoms with Gasteiger partial charge in [-0.05, 0) is 72.4 Å². The molecule has 0 aromatic heterocycles. The number of halogens is 1. The molecule has 3 atom stereocenters. The first-order chi connectivity index (χ1) is 26.5. The van der Waals surface area contributed by atoms with Gasteiger partial charge in [0.05, 0.1) is 13.5 Å². The first-order valence-electron chi connectivity index (χ1n) is 18.9. The first-order valence-corrected chi connectivity index (χ1v) is 18.9. The van der Waals surface area contributed by atoms with Gasteiger partial charge in [0.25, 0.3) is 0 Å². The van der Waals surface area contributed by atoms with Crippen molar-refractivity contribution in [1.82, 2.24) is 21.3 Å². The van der Waals surface area contributed by atoms with Crippen molar-refractivity contribution < 1.29 is 37.9 Å². The van der Waals surface area contributed by atoms with Gasteiger partial charge in [-0.3, -0.25) is 24.0 Å². The van der Waals surface area contributed by atoms with Crippen molar-refractivity contribution in [3.63, 3.8) is 0 Å². The van der Waals surface area contributed by atoms with Gasteiger partial charge in [0.2, 0.25) is 29.5 Å². The standard InChI is InChI=1S/C42H50FN5O7/c1-55-41(54)33-15-7-10-22-44-39(52)34(48-38(51)27-42(20-8-9-21-42)26-37(50)46-33)23-29-16-18-31(19-17-29)45-40(53)35(25-30-13-5-6-14-32(30)43)47-36(49)24-28-11-3-2-4-12-28/h2-6,11-14,16-19,33-35H,7-10,15,20-27H2,1H3,(H,44,52)(H,45,53)(H,46,50)(H,47,49)(H,48,51)/t33-,34+,35+/m1/s1. The number of hydrogen-bond donors (Lipinski definition) is 5. The van der Waals surface area contributed by atoms with Crippen molar-refractivity contribution in [2.45, 2.75) is 95.2 Å². The number of rotatable bonds is 10. The van der Waals surface area contributed by atoms with Gasteiger partial charge in [0.1, 0.15) is 23.9 Å². The van der Waals surface area contributed by atoms with Crippen LogP contribution in [-0.4, -0.2) is 67.3 Å². The molecular formula is C42H50FN5O7. The van der Waals surface area contributed by atoms with E-state index in [2.05, 4.69) is 26.6 Å². The van der Waals surface area contributed by atoms with Crippen LogP contribution in [0.3, 0.4) is 0 Å². The van der Waals surface area contributed by atoms with Gasteiger partial charge < -0.3 is 31.3 Å². The summed E-state index contributed by atoms with van der Waals surface area (Å²) in [6.45, 7) is 0.303. The van der Waals surface area contributed by atoms with E-state index in [1.807, 2.05) is 30.3 Å². The molecule has 0 unspecified atom stereocenters. The Morgan fingerprint density at radius 3 is 2.20 bits per heavy atom. The van der Waals surface area contributed by atoms with E-state index < -0.39 is 41.2 Å². The molecule has 5 rings (SSSR count). The van der Waals surface area contributed by atoms with Gasteiger partial charge in [-0.2, -0.15) is 0 Å². The summed E-state index contributed by atoms with van der Waals surface area (Å²) in [6.07, 6.45) is 4.85. The zero-order chi connectivity index (χ0) is 39.2. The fraction of sp³-hybridized carbons (Fsp3) is 0.429. The summed E-state index contributed by atoms with van der Waals surface area (Å²) in [5.74, 6) is -2.93. The molecule has 292 valence electrons. The highest BCUT2D eigenvalue weighted by atomic mass is 19.1. The van der Waals surface area contributed by atoms with E-state index in [-0.39, 0.29) is 61.3 Å². The largest absolute Gasteiger partial charge is 0.467 e. The summed E-state index contributed by atoms with van der Waals surface area (Å²) >= 11 is 0. The van der Waals surface area contributed by atoms with E-state index in [1.54, 1.807) is 42.5 Å². The second-order valence-electron chi connectivity index (χ2n) is 14.6. The number of methoxy groups -OCH3 is 1. The molecule has 1 aliphatic heterocycles. The Morgan fingerprint density at radius 1 is 0.836 bits per heavy atom. The van der Waals surface area contributed by atoms with Crippen LogP contribution in [0.2, 0.25) is 0 Å². The Hall–Kier alpha value is -5.59. The lowest BCUT2D eigenvalue weighted by atomic mass is 9.78. The van der Waals surface area contributed by atoms with Crippen LogP contribution >= 0.6 is 0 Å². The molecule has 55 heavy (non-hydrogen) atoms. The molecule has 2 aliphatic rings. The first kappa shape index (κ1) is 40.6. The van der Waals surface area contributed by atoms with Crippen LogP contribution in [0.5, 0.6) is 0 Å². The molecule has 5 N–H and O–H groups in total. The van der Waals surface area contributed by atoms with Crippen LogP contribution < -0.4 is 26.6 Å². The zero-order valence-corrected chi connectivity index (χ0v) is 31.2. The Labute approximate surface area is 320 Å². The number of esters is 1. The van der Waals surface area contributed by atoms with Crippen LogP contribution in [0.1, 0.15) is 74.5 Å². The third-order valence-corrected chi connectivity index (χ3v) is 10.3. The molecule has 3 aromatic carbocycles. The molecule has 0 bridgehead atoms. The van der Waals surface area contributed by atoms with E-state index in [9.17, 15) is 33.2 Å². The molecule has 2 fully saturated rings. The number of nitrogens with one attached hydrogen (secondary N) is 5. The minimum Gasteiger partial charge on any atom is -0.467 e. The van der Waals surface area contributed by atoms with Gasteiger partial charge in [-0.1, -0.05) is 73.5 Å². The van der Waals surface area contributed by atoms with Crippen molar-refractivity contribution in [1.29, 1.82) is 0 Å². The van der Waals surface area contributed by atoms with Gasteiger partial charge in [-0.15, -0.1) is 0 Å². The number of benzene rings is 3. The van der Waals surface area contributed by atoms with E-state index in [1.165, 1.54) is 13.2 Å². The summed E-state index contributed by atoms with van der Waals surface area (Å²) < 4.78 is 19.5. The minimum absolute atomic E-state index is 0.0497. The summed E-state index contributed by atoms with van der Waals surface area (Å²) in [5.41, 5.74) is 1.61. The highest BCUT2D eigenvalue weighted by molar-refractivity contribution is 5.97. The number of ether oxygens (including phenoxy) is 1. The lowest BCUT2D eigenvalue weighted by Gasteiger charge is -2.29. The minimum atomic E-state index is -1.07. The molecule has 1 saturated carbocycles. The van der Waals surface area contributed by atoms with Crippen molar-refractivity contribution in [2.24, 2.45) is 5.41 Å². The molecule has 1 heterocycles. The highest BCUT2D eigenvalue weighted by Gasteiger charge is 2.39. The third-order valence-electron chi connectivity index (χ3n) is 10.3. The maximum absolute atomic E-state index is 14.6. The van der Waals surface area contributed by atoms with Gasteiger partial charge >= 0.3 is 5.97 Å². The summed E-state index contributed by atoms with van der Waals surface area (Å²) in [6, 6.07) is 19.2. The lowest BCUT2D eigenvalue weighted by Crippen LogP contribution is -2.49. The van der Waals surface area contributed by atoms with Crippen molar-refractivity contribution >= 4 is 41.2 Å². The summed E-state index contributed by atoms with van der Waals surface area (Å²) in [7, 11) is 1.28. The van der Waals surface area contributed by atoms with Crippen LogP contribution in [0.4, 0.5) is 10.1 Å². The van der Waals surface area contributed by atoms with Crippen LogP contribution in [-0.2, 0) is 52.8 Å². The number of carbonyl (C=O) groups is 6. The van der Waals surface area contributed by atoms with Crippen LogP contribution in [0, 0.1) is 11.2 Å². The Morgan fingerprint density at radius 2 is 1.51 bits per heavy atom. The Kier molecular flexibility index (Phi) is 14.5. The predicted octanol–water partition coefficient (Wildman–Crippen LogP) is 4.06. The SMILES string of the molecule is COC(=O)[C@H]1CCCCNC(=O)[C@H](Cc2ccc(NC(=O)[C@H](Cc3ccccc3F)NC(=O)Cc3ccccc3)cc2)NC(=O)CC2(CCCC2)CC(=O)N1. The summed E-state index contributed by atoms with van der Waals surface area (Å²) in [5, 5.41) is 14.2. The zero-order valence-electron chi connectivity index (χ0n) is 31.2. The molecule has 3 aromatic rings. The van der Waals surface area contributed by atoms with Crippen molar-refractivity contribution in [3.8, 4) is 0 Å². The average Bonchev–Trinajstić information content (AvgIpc) is 3.61. The number of hydrogen-bond acceptors (Lipinski definition) is 7. The molecule has 1 saturated heterocycles. The Bertz CT molecular complexity index is 1810. The maximum atomic E-state index is 14.6. The average molecular weight is 756 g/mol. The van der Waals surface area contributed by atoms with Crippen LogP contribution in [0.25, 0.3) is 0 Å². The molecule has 1 spiro atoms. The third kappa shape index (κ3) is 12.2. The van der Waals surface area contributed by atoms with Crippen molar-refractivity contribution in [3.05, 3.63) is 101 Å². The maximum Gasteiger partial charge on any atom is 0.328 e. The monoisotopic (exact) mass is 755 g/mol. The van der Waals surface area contributed by atoms with Gasteiger partial charge in [0, 0.05) is 37.9 Å². The number of carbonyl (C=O) groups excluding carboxylic acids is 6. The van der Waals surface area contributed by atoms with Gasteiger partial charge in [0.15, 0.2) is 0 Å². The normalized spacial score (nSPS) is 19.8. The predicted molar refractivity (Wildman–Crippen MR) is 204 cm³/mol. The van der Waals surface area contributed by atoms with E-state index in [0.29, 0.717) is 49.9 Å². The second kappa shape index (κ2) is 19.7. The molecule has 13 heteroatoms. The fourth-order valence-electron chi connectivity index (χ4n) is 7.43. The second-order valence-corrected chi connectivity index (χ2v) is 14.6. The van der Waals surface area contributed by atoms with E-state index in [0.717, 1.165) is 18.4 Å². The topological polar surface area (TPSA) is 172 Å². The Balaban J connectivity index is 1.26. The molecular weight excluding hydrogens is 705 g/mol. The molecule has 12 nitrogen and oxygen atoms in total. The molecule has 0 radical (unpaired) electrons. The van der Waals surface area contributed by atoms with E-state index >= 15 is 0 Å². The van der Waals surface area contributed by atoms with Crippen molar-refractivity contribution in [2.75, 3.05) is 19.0 Å². The number of anilines is 1. The number of amides is 5. The van der Waals surface area contributed by atoms with Gasteiger partial charge in [-0.25, -0.2) is 9.18 Å². The smallest absolute Gasteiger partial charge is 0.328 e. The van der Waals surface area contributed by atoms with Crippen LogP contribution in [0.15, 0.2) is 78.9 Å². The lowest BCUT2D eigenvalue weighted by molar-refractivity contribution is -0.145. The summed E-state index contributed by atoms with van der Waals surface area (Å²) in [4.78, 5) is 79.0. The van der Waals surface area contributed by atoms with E-state index in [4.69, 9.17) is 4.74 Å². The quantitative estimate of drug-likeness (QED) is 0.194. The molecule has 1 aliphatic carbocycles. The molecule has 5 amide bonds. The fourth-order valence-corrected chi connectivity index (χ4v) is 7.43. The highest BCUT2D eigenvalue weighted by Crippen LogP contribution is 2.44.